The highest BCUT2D eigenvalue weighted by molar-refractivity contribution is 6.34. The molecule has 10 rings (SSSR count). The van der Waals surface area contributed by atoms with E-state index in [9.17, 15) is 24.3 Å². The van der Waals surface area contributed by atoms with Crippen LogP contribution in [0.3, 0.4) is 0 Å². The third-order valence-electron chi connectivity index (χ3n) is 16.1. The van der Waals surface area contributed by atoms with Crippen LogP contribution in [-0.2, 0) is 15.2 Å². The summed E-state index contributed by atoms with van der Waals surface area (Å²) >= 11 is 6.73. The van der Waals surface area contributed by atoms with E-state index in [2.05, 4.69) is 44.7 Å². The molecule has 16 heteroatoms. The number of imide groups is 1. The molecule has 13 nitrogen and oxygen atoms in total. The Kier molecular flexibility index (Phi) is 14.3. The average molecular weight is 1000 g/mol. The highest BCUT2D eigenvalue weighted by Gasteiger charge is 2.50. The summed E-state index contributed by atoms with van der Waals surface area (Å²) in [5.41, 5.74) is 7.45. The molecule has 1 saturated carbocycles. The van der Waals surface area contributed by atoms with Crippen molar-refractivity contribution in [1.82, 2.24) is 20.4 Å². The number of carbonyl (C=O) groups excluding carboxylic acids is 4. The normalized spacial score (nSPS) is 23.2. The summed E-state index contributed by atoms with van der Waals surface area (Å²) in [7, 11) is 0. The van der Waals surface area contributed by atoms with Gasteiger partial charge in [-0.3, -0.25) is 24.6 Å². The number of halogens is 3. The number of amides is 5. The van der Waals surface area contributed by atoms with Crippen molar-refractivity contribution in [3.8, 4) is 22.6 Å². The largest absolute Gasteiger partial charge is 0.488 e. The predicted molar refractivity (Wildman–Crippen MR) is 271 cm³/mol. The number of hydrogen-bond acceptors (Lipinski definition) is 9. The summed E-state index contributed by atoms with van der Waals surface area (Å²) < 4.78 is 44.6. The molecule has 5 N–H and O–H groups in total. The van der Waals surface area contributed by atoms with Crippen LogP contribution in [0.1, 0.15) is 104 Å². The first-order chi connectivity index (χ1) is 34.8. The van der Waals surface area contributed by atoms with Gasteiger partial charge in [-0.25, -0.2) is 13.6 Å². The first-order valence-electron chi connectivity index (χ1n) is 25.4. The van der Waals surface area contributed by atoms with E-state index in [0.29, 0.717) is 30.6 Å². The quantitative estimate of drug-likeness (QED) is 0.0902. The van der Waals surface area contributed by atoms with Gasteiger partial charge >= 0.3 is 6.03 Å². The lowest BCUT2D eigenvalue weighted by Gasteiger charge is -2.43. The number of anilines is 1. The summed E-state index contributed by atoms with van der Waals surface area (Å²) in [6, 6.07) is 26.0. The molecule has 5 amide bonds. The van der Waals surface area contributed by atoms with Gasteiger partial charge in [0.25, 0.3) is 0 Å². The van der Waals surface area contributed by atoms with Gasteiger partial charge in [-0.1, -0.05) is 79.2 Å². The number of fused-ring (bicyclic) bond motifs is 2. The summed E-state index contributed by atoms with van der Waals surface area (Å²) in [5, 5.41) is 17.3. The van der Waals surface area contributed by atoms with Gasteiger partial charge in [0.1, 0.15) is 18.2 Å². The predicted octanol–water partition coefficient (Wildman–Crippen LogP) is 8.77. The number of nitrogens with zero attached hydrogens (tertiary/aromatic N) is 3. The van der Waals surface area contributed by atoms with Crippen molar-refractivity contribution in [2.75, 3.05) is 57.4 Å². The van der Waals surface area contributed by atoms with Crippen LogP contribution in [0.2, 0.25) is 5.02 Å². The van der Waals surface area contributed by atoms with Gasteiger partial charge < -0.3 is 35.4 Å². The first kappa shape index (κ1) is 49.4. The molecule has 5 aromatic rings. The van der Waals surface area contributed by atoms with Crippen LogP contribution in [0.4, 0.5) is 19.3 Å². The second-order valence-corrected chi connectivity index (χ2v) is 20.5. The zero-order valence-electron chi connectivity index (χ0n) is 40.4. The Morgan fingerprint density at radius 3 is 2.35 bits per heavy atom. The molecule has 1 aliphatic carbocycles. The number of benzene rings is 5. The van der Waals surface area contributed by atoms with Crippen LogP contribution in [0.5, 0.6) is 11.5 Å². The number of carbonyl (C=O) groups is 4. The van der Waals surface area contributed by atoms with E-state index in [-0.39, 0.29) is 77.6 Å². The third-order valence-corrected chi connectivity index (χ3v) is 16.5. The van der Waals surface area contributed by atoms with E-state index in [4.69, 9.17) is 26.8 Å². The minimum Gasteiger partial charge on any atom is -0.488 e. The van der Waals surface area contributed by atoms with Crippen LogP contribution in [0.15, 0.2) is 84.9 Å². The molecule has 3 saturated heterocycles. The number of primary amides is 1. The van der Waals surface area contributed by atoms with Crippen LogP contribution in [0.25, 0.3) is 21.9 Å². The molecule has 2 unspecified atom stereocenters. The lowest BCUT2D eigenvalue weighted by Crippen LogP contribution is -2.51. The Bertz CT molecular complexity index is 2880. The fraction of sp³-hybridized carbons (Fsp3) is 0.429. The molecule has 72 heavy (non-hydrogen) atoms. The lowest BCUT2D eigenvalue weighted by molar-refractivity contribution is -0.138. The number of aliphatic hydroxyl groups excluding tert-OH is 1. The topological polar surface area (TPSA) is 167 Å². The van der Waals surface area contributed by atoms with Crippen LogP contribution in [0, 0.1) is 17.6 Å². The number of ether oxygens (including phenoxy) is 2. The summed E-state index contributed by atoms with van der Waals surface area (Å²) in [6.07, 6.45) is 7.38. The number of rotatable bonds is 13. The van der Waals surface area contributed by atoms with E-state index in [1.165, 1.54) is 23.8 Å². The van der Waals surface area contributed by atoms with Gasteiger partial charge in [0.15, 0.2) is 17.2 Å². The van der Waals surface area contributed by atoms with Gasteiger partial charge in [0.2, 0.25) is 17.7 Å². The average Bonchev–Trinajstić information content (AvgIpc) is 3.68. The second kappa shape index (κ2) is 20.8. The lowest BCUT2D eigenvalue weighted by atomic mass is 9.77. The van der Waals surface area contributed by atoms with Crippen molar-refractivity contribution in [2.24, 2.45) is 11.7 Å². The summed E-state index contributed by atoms with van der Waals surface area (Å²) in [4.78, 5) is 57.5. The molecule has 0 bridgehead atoms. The van der Waals surface area contributed by atoms with E-state index < -0.39 is 34.1 Å². The van der Waals surface area contributed by atoms with Gasteiger partial charge in [-0.2, -0.15) is 0 Å². The number of nitrogens with two attached hydrogens (primary N) is 1. The van der Waals surface area contributed by atoms with E-state index in [0.717, 1.165) is 99.6 Å². The third kappa shape index (κ3) is 9.40. The molecule has 4 fully saturated rings. The van der Waals surface area contributed by atoms with E-state index in [1.807, 2.05) is 49.4 Å². The van der Waals surface area contributed by atoms with Crippen LogP contribution >= 0.6 is 11.6 Å². The zero-order valence-corrected chi connectivity index (χ0v) is 41.2. The zero-order chi connectivity index (χ0) is 50.3. The Balaban J connectivity index is 0.749. The molecule has 378 valence electrons. The molecule has 5 aromatic carbocycles. The smallest absolute Gasteiger partial charge is 0.328 e. The van der Waals surface area contributed by atoms with Crippen LogP contribution in [-0.4, -0.2) is 103 Å². The van der Waals surface area contributed by atoms with E-state index in [1.54, 1.807) is 4.90 Å². The van der Waals surface area contributed by atoms with Gasteiger partial charge in [0.05, 0.1) is 22.9 Å². The molecule has 0 aromatic heterocycles. The number of nitrogens with one attached hydrogen (secondary N) is 2. The monoisotopic (exact) mass is 1000 g/mol. The molecular weight excluding hydrogens is 942 g/mol. The molecule has 2 atom stereocenters. The van der Waals surface area contributed by atoms with Crippen molar-refractivity contribution in [3.05, 3.63) is 124 Å². The Labute approximate surface area is 422 Å². The van der Waals surface area contributed by atoms with Crippen LogP contribution < -0.4 is 30.7 Å². The molecule has 4 aliphatic heterocycles. The van der Waals surface area contributed by atoms with Crippen molar-refractivity contribution >= 4 is 51.8 Å². The maximum Gasteiger partial charge on any atom is 0.328 e. The molecule has 0 radical (unpaired) electrons. The number of hydrogen-bond donors (Lipinski definition) is 4. The molecule has 5 aliphatic rings. The minimum atomic E-state index is -1.10. The number of urea groups is 1. The van der Waals surface area contributed by atoms with Crippen molar-refractivity contribution in [2.45, 2.75) is 94.2 Å². The fourth-order valence-electron chi connectivity index (χ4n) is 12.2. The maximum atomic E-state index is 16.5. The molecule has 0 spiro atoms. The highest BCUT2D eigenvalue weighted by atomic mass is 35.5. The number of likely N-dealkylation sites (tertiary alicyclic amines) is 2. The fourth-order valence-corrected chi connectivity index (χ4v) is 12.5. The van der Waals surface area contributed by atoms with Gasteiger partial charge in [0, 0.05) is 84.7 Å². The van der Waals surface area contributed by atoms with Gasteiger partial charge in [-0.05, 0) is 105 Å². The standard InChI is InChI=1S/C56H61ClF2N6O7/c1-33-48-46(31-43(58)51(57)50(48)49-42(53(60)68)16-17-45(52(49)59)71-29-28-66)72-56(33,38-7-3-2-4-8-38)32-61-39-13-10-35(11-14-39)54(69)64-25-20-40(21-26-64)63-23-18-34(19-24-63)36-12-15-41-37(30-36)6-5-9-44(41)65-27-22-47(67)62-55(65)70/h2-9,12,15-17,30-31,33-35,39-40,61,66H,10-11,13-14,18-29,32H2,1H3,(H2,60,68)(H,62,67,70). The molecule has 4 heterocycles. The number of piperidine rings is 2. The second-order valence-electron chi connectivity index (χ2n) is 20.1. The first-order valence-corrected chi connectivity index (χ1v) is 25.8. The minimum absolute atomic E-state index is 0.0492. The Hall–Kier alpha value is -6.13. The van der Waals surface area contributed by atoms with Crippen molar-refractivity contribution < 1.29 is 42.5 Å². The van der Waals surface area contributed by atoms with Crippen molar-refractivity contribution in [1.29, 1.82) is 0 Å². The summed E-state index contributed by atoms with van der Waals surface area (Å²) in [6.45, 7) is 5.53. The Morgan fingerprint density at radius 1 is 0.889 bits per heavy atom. The van der Waals surface area contributed by atoms with Gasteiger partial charge in [-0.15, -0.1) is 0 Å². The summed E-state index contributed by atoms with van der Waals surface area (Å²) in [5.74, 6) is -3.02. The van der Waals surface area contributed by atoms with Crippen molar-refractivity contribution in [3.63, 3.8) is 0 Å². The number of aliphatic hydroxyl groups is 1. The molecular formula is C56H61ClF2N6O7. The SMILES string of the molecule is CC1c2c(cc(F)c(Cl)c2-c2c(C(N)=O)ccc(OCCO)c2F)OC1(CNC1CCC(C(=O)N2CCC(N3CCC(c4ccc5c(N6CCC(=O)NC6=O)cccc5c4)CC3)CC2)CC1)c1ccccc1. The maximum absolute atomic E-state index is 16.5. The van der Waals surface area contributed by atoms with E-state index >= 15 is 8.78 Å². The highest BCUT2D eigenvalue weighted by Crippen LogP contribution is 2.56. The Morgan fingerprint density at radius 2 is 1.64 bits per heavy atom.